The first-order valence-corrected chi connectivity index (χ1v) is 10.2. The molecule has 0 aliphatic heterocycles. The number of benzene rings is 2. The maximum absolute atomic E-state index is 11.4. The number of pyridine rings is 1. The third kappa shape index (κ3) is 4.58. The van der Waals surface area contributed by atoms with Crippen LogP contribution in [0, 0.1) is 6.92 Å². The lowest BCUT2D eigenvalue weighted by Crippen LogP contribution is -2.07. The molecule has 0 aliphatic rings. The number of hydrogen-bond donors (Lipinski definition) is 1. The molecule has 0 aliphatic carbocycles. The zero-order valence-electron chi connectivity index (χ0n) is 16.5. The van der Waals surface area contributed by atoms with Gasteiger partial charge in [-0.05, 0) is 67.1 Å². The molecule has 0 radical (unpaired) electrons. The first-order chi connectivity index (χ1) is 14.9. The minimum atomic E-state index is -1.08. The van der Waals surface area contributed by atoms with Gasteiger partial charge in [-0.15, -0.1) is 0 Å². The van der Waals surface area contributed by atoms with E-state index in [2.05, 4.69) is 4.98 Å². The van der Waals surface area contributed by atoms with Gasteiger partial charge in [0.15, 0.2) is 5.69 Å². The third-order valence-corrected chi connectivity index (χ3v) is 5.27. The van der Waals surface area contributed by atoms with Crippen LogP contribution in [0.5, 0.6) is 5.75 Å². The number of carbonyl (C=O) groups is 1. The number of carboxylic acids is 1. The van der Waals surface area contributed by atoms with E-state index in [9.17, 15) is 9.90 Å². The summed E-state index contributed by atoms with van der Waals surface area (Å²) in [6.07, 6.45) is 0. The lowest BCUT2D eigenvalue weighted by Gasteiger charge is -2.16. The fraction of sp³-hybridized carbons (Fsp3) is 0.0833. The Morgan fingerprint density at radius 2 is 1.74 bits per heavy atom. The minimum Gasteiger partial charge on any atom is -0.488 e. The van der Waals surface area contributed by atoms with Gasteiger partial charge in [0.1, 0.15) is 18.2 Å². The number of aryl methyl sites for hydroxylation is 1. The predicted octanol–water partition coefficient (Wildman–Crippen LogP) is 6.43. The standard InChI is InChI=1S/C24H18Cl2N2O3/c1-15-5-11-21(28(15)23-4-2-3-20(27-23)24(29)30)19-13-18(26)10-12-22(19)31-14-16-6-8-17(25)9-7-16/h2-13H,14H2,1H3,(H,29,30). The summed E-state index contributed by atoms with van der Waals surface area (Å²) in [5.74, 6) is 0.0667. The summed E-state index contributed by atoms with van der Waals surface area (Å²) in [6, 6.07) is 21.6. The molecule has 1 N–H and O–H groups in total. The van der Waals surface area contributed by atoms with Gasteiger partial charge in [0.2, 0.25) is 0 Å². The first-order valence-electron chi connectivity index (χ1n) is 9.48. The van der Waals surface area contributed by atoms with E-state index >= 15 is 0 Å². The van der Waals surface area contributed by atoms with Gasteiger partial charge in [-0.2, -0.15) is 0 Å². The first kappa shape index (κ1) is 21.0. The molecule has 5 nitrogen and oxygen atoms in total. The quantitative estimate of drug-likeness (QED) is 0.365. The maximum Gasteiger partial charge on any atom is 0.354 e. The maximum atomic E-state index is 11.4. The van der Waals surface area contributed by atoms with Crippen molar-refractivity contribution >= 4 is 29.2 Å². The highest BCUT2D eigenvalue weighted by atomic mass is 35.5. The Bertz CT molecular complexity index is 1250. The number of hydrogen-bond acceptors (Lipinski definition) is 3. The van der Waals surface area contributed by atoms with Crippen LogP contribution in [-0.4, -0.2) is 20.6 Å². The molecule has 2 aromatic carbocycles. The Hall–Kier alpha value is -3.28. The highest BCUT2D eigenvalue weighted by Gasteiger charge is 2.17. The lowest BCUT2D eigenvalue weighted by molar-refractivity contribution is 0.0690. The van der Waals surface area contributed by atoms with Gasteiger partial charge in [0, 0.05) is 21.3 Å². The van der Waals surface area contributed by atoms with Crippen LogP contribution >= 0.6 is 23.2 Å². The van der Waals surface area contributed by atoms with E-state index in [0.717, 1.165) is 22.5 Å². The molecule has 0 unspecified atom stereocenters. The molecule has 7 heteroatoms. The second-order valence-corrected chi connectivity index (χ2v) is 7.81. The van der Waals surface area contributed by atoms with Crippen molar-refractivity contribution in [1.29, 1.82) is 0 Å². The molecule has 4 aromatic rings. The Morgan fingerprint density at radius 3 is 2.48 bits per heavy atom. The van der Waals surface area contributed by atoms with E-state index in [1.54, 1.807) is 18.2 Å². The highest BCUT2D eigenvalue weighted by molar-refractivity contribution is 6.31. The van der Waals surface area contributed by atoms with Crippen molar-refractivity contribution in [1.82, 2.24) is 9.55 Å². The number of ether oxygens (including phenoxy) is 1. The molecule has 0 saturated carbocycles. The molecule has 2 heterocycles. The van der Waals surface area contributed by atoms with E-state index in [1.807, 2.05) is 60.0 Å². The van der Waals surface area contributed by atoms with Gasteiger partial charge in [0.25, 0.3) is 0 Å². The van der Waals surface area contributed by atoms with Crippen molar-refractivity contribution in [2.45, 2.75) is 13.5 Å². The fourth-order valence-corrected chi connectivity index (χ4v) is 3.59. The second kappa shape index (κ2) is 8.84. The Labute approximate surface area is 189 Å². The van der Waals surface area contributed by atoms with Crippen LogP contribution in [0.3, 0.4) is 0 Å². The van der Waals surface area contributed by atoms with E-state index in [4.69, 9.17) is 27.9 Å². The van der Waals surface area contributed by atoms with Crippen LogP contribution < -0.4 is 4.74 Å². The molecule has 0 spiro atoms. The van der Waals surface area contributed by atoms with Crippen molar-refractivity contribution in [2.24, 2.45) is 0 Å². The summed E-state index contributed by atoms with van der Waals surface area (Å²) >= 11 is 12.3. The molecular weight excluding hydrogens is 435 g/mol. The Morgan fingerprint density at radius 1 is 1.00 bits per heavy atom. The number of aromatic nitrogens is 2. The van der Waals surface area contributed by atoms with Gasteiger partial charge in [-0.3, -0.25) is 4.57 Å². The minimum absolute atomic E-state index is 0.0261. The molecule has 4 rings (SSSR count). The summed E-state index contributed by atoms with van der Waals surface area (Å²) < 4.78 is 7.99. The zero-order chi connectivity index (χ0) is 22.0. The molecule has 0 bridgehead atoms. The SMILES string of the molecule is Cc1ccc(-c2cc(Cl)ccc2OCc2ccc(Cl)cc2)n1-c1cccc(C(=O)O)n1. The van der Waals surface area contributed by atoms with Crippen LogP contribution in [0.1, 0.15) is 21.7 Å². The fourth-order valence-electron chi connectivity index (χ4n) is 3.29. The smallest absolute Gasteiger partial charge is 0.354 e. The molecule has 0 fully saturated rings. The summed E-state index contributed by atoms with van der Waals surface area (Å²) in [4.78, 5) is 15.7. The van der Waals surface area contributed by atoms with E-state index in [-0.39, 0.29) is 5.69 Å². The number of rotatable bonds is 6. The number of carboxylic acid groups (broad SMARTS) is 1. The summed E-state index contributed by atoms with van der Waals surface area (Å²) in [6.45, 7) is 2.29. The molecule has 156 valence electrons. The van der Waals surface area contributed by atoms with Crippen molar-refractivity contribution < 1.29 is 14.6 Å². The number of halogens is 2. The number of nitrogens with zero attached hydrogens (tertiary/aromatic N) is 2. The monoisotopic (exact) mass is 452 g/mol. The molecule has 0 amide bonds. The predicted molar refractivity (Wildman–Crippen MR) is 121 cm³/mol. The molecule has 0 atom stereocenters. The molecule has 0 saturated heterocycles. The number of aromatic carboxylic acids is 1. The summed E-state index contributed by atoms with van der Waals surface area (Å²) in [5, 5.41) is 10.5. The topological polar surface area (TPSA) is 64.3 Å². The highest BCUT2D eigenvalue weighted by Crippen LogP contribution is 2.35. The largest absolute Gasteiger partial charge is 0.488 e. The Balaban J connectivity index is 1.75. The van der Waals surface area contributed by atoms with Gasteiger partial charge >= 0.3 is 5.97 Å². The van der Waals surface area contributed by atoms with Crippen molar-refractivity contribution in [3.05, 3.63) is 99.8 Å². The normalized spacial score (nSPS) is 10.8. The average Bonchev–Trinajstić information content (AvgIpc) is 3.15. The van der Waals surface area contributed by atoms with Gasteiger partial charge in [0.05, 0.1) is 5.69 Å². The second-order valence-electron chi connectivity index (χ2n) is 6.94. The summed E-state index contributed by atoms with van der Waals surface area (Å²) in [5.41, 5.74) is 3.42. The molecular formula is C24H18Cl2N2O3. The van der Waals surface area contributed by atoms with E-state index in [0.29, 0.717) is 28.2 Å². The molecule has 31 heavy (non-hydrogen) atoms. The Kier molecular flexibility index (Phi) is 5.98. The van der Waals surface area contributed by atoms with E-state index in [1.165, 1.54) is 6.07 Å². The molecule has 2 aromatic heterocycles. The lowest BCUT2D eigenvalue weighted by atomic mass is 10.1. The van der Waals surface area contributed by atoms with E-state index < -0.39 is 5.97 Å². The van der Waals surface area contributed by atoms with Crippen molar-refractivity contribution in [3.8, 4) is 22.8 Å². The zero-order valence-corrected chi connectivity index (χ0v) is 18.1. The van der Waals surface area contributed by atoms with Crippen LogP contribution in [0.25, 0.3) is 17.1 Å². The third-order valence-electron chi connectivity index (χ3n) is 4.78. The van der Waals surface area contributed by atoms with Crippen LogP contribution in [0.4, 0.5) is 0 Å². The van der Waals surface area contributed by atoms with Crippen LogP contribution in [0.15, 0.2) is 72.8 Å². The van der Waals surface area contributed by atoms with Crippen LogP contribution in [-0.2, 0) is 6.61 Å². The van der Waals surface area contributed by atoms with Gasteiger partial charge in [-0.25, -0.2) is 9.78 Å². The van der Waals surface area contributed by atoms with Crippen LogP contribution in [0.2, 0.25) is 10.0 Å². The average molecular weight is 453 g/mol. The summed E-state index contributed by atoms with van der Waals surface area (Å²) in [7, 11) is 0. The van der Waals surface area contributed by atoms with Gasteiger partial charge in [-0.1, -0.05) is 41.4 Å². The van der Waals surface area contributed by atoms with Crippen molar-refractivity contribution in [3.63, 3.8) is 0 Å². The van der Waals surface area contributed by atoms with Crippen molar-refractivity contribution in [2.75, 3.05) is 0 Å². The van der Waals surface area contributed by atoms with Gasteiger partial charge < -0.3 is 9.84 Å².